The second kappa shape index (κ2) is 6.62. The van der Waals surface area contributed by atoms with Gasteiger partial charge in [-0.25, -0.2) is 0 Å². The van der Waals surface area contributed by atoms with Crippen LogP contribution in [0.25, 0.3) is 0 Å². The molecule has 0 aromatic heterocycles. The Kier molecular flexibility index (Phi) is 4.36. The van der Waals surface area contributed by atoms with Crippen LogP contribution in [0.5, 0.6) is 0 Å². The van der Waals surface area contributed by atoms with E-state index in [4.69, 9.17) is 0 Å². The lowest BCUT2D eigenvalue weighted by molar-refractivity contribution is -0.136. The molecule has 3 saturated heterocycles. The number of carbonyl (C=O) groups excluding carboxylic acids is 1. The number of nitrogens with one attached hydrogen (secondary N) is 1. The Balaban J connectivity index is 1.42. The number of benzene rings is 1. The first kappa shape index (κ1) is 15.2. The molecule has 0 aliphatic carbocycles. The normalized spacial score (nSPS) is 31.3. The Hall–Kier alpha value is -1.39. The van der Waals surface area contributed by atoms with E-state index >= 15 is 0 Å². The van der Waals surface area contributed by atoms with E-state index in [0.29, 0.717) is 18.0 Å². The fraction of sp³-hybridized carbons (Fsp3) is 0.632. The van der Waals surface area contributed by atoms with Crippen molar-refractivity contribution in [2.24, 2.45) is 0 Å². The Bertz CT molecular complexity index is 547. The second-order valence-corrected chi connectivity index (χ2v) is 7.32. The maximum Gasteiger partial charge on any atom is 0.239 e. The highest BCUT2D eigenvalue weighted by Gasteiger charge is 2.37. The smallest absolute Gasteiger partial charge is 0.239 e. The van der Waals surface area contributed by atoms with Crippen molar-refractivity contribution in [3.8, 4) is 0 Å². The van der Waals surface area contributed by atoms with Crippen molar-refractivity contribution in [3.63, 3.8) is 0 Å². The molecule has 1 N–H and O–H groups in total. The predicted molar refractivity (Wildman–Crippen MR) is 91.0 cm³/mol. The van der Waals surface area contributed by atoms with Crippen LogP contribution in [-0.2, 0) is 11.3 Å². The average Bonchev–Trinajstić information content (AvgIpc) is 3.14. The van der Waals surface area contributed by atoms with Crippen LogP contribution in [0, 0.1) is 0 Å². The molecule has 0 radical (unpaired) electrons. The van der Waals surface area contributed by atoms with E-state index in [0.717, 1.165) is 45.4 Å². The van der Waals surface area contributed by atoms with Crippen molar-refractivity contribution in [1.82, 2.24) is 15.1 Å². The van der Waals surface area contributed by atoms with Crippen molar-refractivity contribution >= 4 is 5.91 Å². The first-order chi connectivity index (χ1) is 11.3. The van der Waals surface area contributed by atoms with Gasteiger partial charge in [0.1, 0.15) is 0 Å². The molecule has 3 heterocycles. The van der Waals surface area contributed by atoms with Crippen molar-refractivity contribution in [1.29, 1.82) is 0 Å². The number of rotatable bonds is 3. The highest BCUT2D eigenvalue weighted by Crippen LogP contribution is 2.25. The lowest BCUT2D eigenvalue weighted by Crippen LogP contribution is -2.48. The van der Waals surface area contributed by atoms with E-state index in [2.05, 4.69) is 45.4 Å². The molecule has 3 fully saturated rings. The largest absolute Gasteiger partial charge is 0.340 e. The summed E-state index contributed by atoms with van der Waals surface area (Å²) in [5, 5.41) is 3.67. The summed E-state index contributed by atoms with van der Waals surface area (Å²) in [7, 11) is 0. The van der Waals surface area contributed by atoms with Crippen LogP contribution < -0.4 is 5.32 Å². The first-order valence-corrected chi connectivity index (χ1v) is 9.12. The molecule has 2 bridgehead atoms. The van der Waals surface area contributed by atoms with Gasteiger partial charge in [-0.15, -0.1) is 0 Å². The first-order valence-electron chi connectivity index (χ1n) is 9.12. The Morgan fingerprint density at radius 1 is 1.04 bits per heavy atom. The lowest BCUT2D eigenvalue weighted by atomic mass is 10.1. The van der Waals surface area contributed by atoms with Gasteiger partial charge in [0.05, 0.1) is 6.04 Å². The van der Waals surface area contributed by atoms with Crippen molar-refractivity contribution in [3.05, 3.63) is 35.9 Å². The third-order valence-corrected chi connectivity index (χ3v) is 5.71. The minimum atomic E-state index is 0.0897. The molecule has 3 aliphatic rings. The summed E-state index contributed by atoms with van der Waals surface area (Å²) in [4.78, 5) is 17.6. The molecule has 4 rings (SSSR count). The van der Waals surface area contributed by atoms with Crippen LogP contribution in [0.15, 0.2) is 30.3 Å². The fourth-order valence-electron chi connectivity index (χ4n) is 4.47. The Morgan fingerprint density at radius 2 is 1.87 bits per heavy atom. The molecular weight excluding hydrogens is 286 g/mol. The minimum Gasteiger partial charge on any atom is -0.340 e. The number of carbonyl (C=O) groups is 1. The number of hydrogen-bond donors (Lipinski definition) is 1. The molecule has 1 aromatic rings. The van der Waals surface area contributed by atoms with Gasteiger partial charge in [0.2, 0.25) is 5.91 Å². The molecule has 0 spiro atoms. The number of likely N-dealkylation sites (tertiary alicyclic amines) is 2. The van der Waals surface area contributed by atoms with Crippen molar-refractivity contribution < 1.29 is 4.79 Å². The van der Waals surface area contributed by atoms with Gasteiger partial charge in [-0.05, 0) is 44.2 Å². The number of nitrogens with zero attached hydrogens (tertiary/aromatic N) is 2. The highest BCUT2D eigenvalue weighted by atomic mass is 16.2. The van der Waals surface area contributed by atoms with Crippen LogP contribution >= 0.6 is 0 Å². The van der Waals surface area contributed by atoms with Gasteiger partial charge in [0.15, 0.2) is 0 Å². The molecule has 3 unspecified atom stereocenters. The predicted octanol–water partition coefficient (Wildman–Crippen LogP) is 2.00. The topological polar surface area (TPSA) is 35.6 Å². The summed E-state index contributed by atoms with van der Waals surface area (Å²) >= 11 is 0. The monoisotopic (exact) mass is 313 g/mol. The summed E-state index contributed by atoms with van der Waals surface area (Å²) in [5.41, 5.74) is 1.31. The van der Waals surface area contributed by atoms with E-state index in [9.17, 15) is 4.79 Å². The molecule has 0 saturated carbocycles. The average molecular weight is 313 g/mol. The maximum absolute atomic E-state index is 13.1. The zero-order valence-electron chi connectivity index (χ0n) is 13.8. The molecular formula is C19H27N3O. The van der Waals surface area contributed by atoms with Gasteiger partial charge in [-0.1, -0.05) is 30.3 Å². The molecule has 4 nitrogen and oxygen atoms in total. The van der Waals surface area contributed by atoms with E-state index in [1.165, 1.54) is 18.4 Å². The minimum absolute atomic E-state index is 0.0897. The lowest BCUT2D eigenvalue weighted by Gasteiger charge is -2.31. The van der Waals surface area contributed by atoms with Gasteiger partial charge in [0, 0.05) is 31.7 Å². The highest BCUT2D eigenvalue weighted by molar-refractivity contribution is 5.82. The van der Waals surface area contributed by atoms with E-state index < -0.39 is 0 Å². The Labute approximate surface area is 138 Å². The zero-order chi connectivity index (χ0) is 15.6. The molecule has 4 heteroatoms. The van der Waals surface area contributed by atoms with E-state index in [-0.39, 0.29) is 6.04 Å². The van der Waals surface area contributed by atoms with Gasteiger partial charge >= 0.3 is 0 Å². The van der Waals surface area contributed by atoms with E-state index in [1.807, 2.05) is 0 Å². The Morgan fingerprint density at radius 3 is 2.74 bits per heavy atom. The second-order valence-electron chi connectivity index (χ2n) is 7.32. The molecule has 124 valence electrons. The van der Waals surface area contributed by atoms with Crippen LogP contribution in [0.1, 0.15) is 37.7 Å². The molecule has 1 aromatic carbocycles. The molecule has 23 heavy (non-hydrogen) atoms. The molecule has 1 amide bonds. The third-order valence-electron chi connectivity index (χ3n) is 5.71. The number of hydrogen-bond acceptors (Lipinski definition) is 3. The zero-order valence-corrected chi connectivity index (χ0v) is 13.8. The van der Waals surface area contributed by atoms with Gasteiger partial charge in [-0.3, -0.25) is 9.69 Å². The van der Waals surface area contributed by atoms with Gasteiger partial charge < -0.3 is 10.2 Å². The molecule has 3 aliphatic heterocycles. The number of amides is 1. The maximum atomic E-state index is 13.1. The summed E-state index contributed by atoms with van der Waals surface area (Å²) in [6.45, 7) is 3.78. The number of fused-ring (bicyclic) bond motifs is 2. The standard InChI is InChI=1S/C19H27N3O/c23-19(22-12-10-16-8-9-17(14-22)20-16)18-7-4-11-21(18)13-15-5-2-1-3-6-15/h1-3,5-6,16-18,20H,4,7-14H2. The molecule has 3 atom stereocenters. The van der Waals surface area contributed by atoms with Gasteiger partial charge in [-0.2, -0.15) is 0 Å². The van der Waals surface area contributed by atoms with Crippen molar-refractivity contribution in [2.75, 3.05) is 19.6 Å². The SMILES string of the molecule is O=C(C1CCCN1Cc1ccccc1)N1CCC2CCC(C1)N2. The van der Waals surface area contributed by atoms with Gasteiger partial charge in [0.25, 0.3) is 0 Å². The summed E-state index contributed by atoms with van der Waals surface area (Å²) in [6, 6.07) is 11.8. The van der Waals surface area contributed by atoms with Crippen LogP contribution in [0.2, 0.25) is 0 Å². The van der Waals surface area contributed by atoms with Crippen molar-refractivity contribution in [2.45, 2.75) is 56.8 Å². The summed E-state index contributed by atoms with van der Waals surface area (Å²) in [6.07, 6.45) is 5.79. The van der Waals surface area contributed by atoms with Crippen LogP contribution in [0.4, 0.5) is 0 Å². The van der Waals surface area contributed by atoms with E-state index in [1.54, 1.807) is 0 Å². The van der Waals surface area contributed by atoms with Crippen LogP contribution in [-0.4, -0.2) is 53.5 Å². The third kappa shape index (κ3) is 3.29. The summed E-state index contributed by atoms with van der Waals surface area (Å²) in [5.74, 6) is 0.368. The fourth-order valence-corrected chi connectivity index (χ4v) is 4.47. The van der Waals surface area contributed by atoms with Crippen LogP contribution in [0.3, 0.4) is 0 Å². The quantitative estimate of drug-likeness (QED) is 0.927. The summed E-state index contributed by atoms with van der Waals surface area (Å²) < 4.78 is 0.